The Morgan fingerprint density at radius 3 is 2.74 bits per heavy atom. The summed E-state index contributed by atoms with van der Waals surface area (Å²) >= 11 is 0. The second kappa shape index (κ2) is 3.35. The fraction of sp³-hybridized carbons (Fsp3) is 1.00. The predicted molar refractivity (Wildman–Crippen MR) is 68.6 cm³/mol. The minimum absolute atomic E-state index is 0.00336. The van der Waals surface area contributed by atoms with Crippen molar-refractivity contribution in [2.45, 2.75) is 69.5 Å². The average molecular weight is 268 g/mol. The van der Waals surface area contributed by atoms with Crippen LogP contribution in [0.25, 0.3) is 0 Å². The maximum atomic E-state index is 10.4. The predicted octanol–water partition coefficient (Wildman–Crippen LogP) is 1.09. The summed E-state index contributed by atoms with van der Waals surface area (Å²) in [6.45, 7) is 6.40. The number of hydrogen-bond acceptors (Lipinski definition) is 4. The van der Waals surface area contributed by atoms with Crippen LogP contribution in [-0.4, -0.2) is 46.3 Å². The van der Waals surface area contributed by atoms with Crippen molar-refractivity contribution >= 4 is 0 Å². The Morgan fingerprint density at radius 1 is 1.32 bits per heavy atom. The number of epoxide rings is 1. The molecule has 2 aliphatic heterocycles. The van der Waals surface area contributed by atoms with Crippen molar-refractivity contribution in [3.8, 4) is 0 Å². The zero-order chi connectivity index (χ0) is 13.6. The summed E-state index contributed by atoms with van der Waals surface area (Å²) in [5, 5.41) is 20.2. The van der Waals surface area contributed by atoms with Crippen LogP contribution in [0.1, 0.15) is 40.0 Å². The van der Waals surface area contributed by atoms with Crippen molar-refractivity contribution in [1.29, 1.82) is 0 Å². The zero-order valence-electron chi connectivity index (χ0n) is 11.9. The van der Waals surface area contributed by atoms with E-state index in [4.69, 9.17) is 9.47 Å². The highest BCUT2D eigenvalue weighted by Gasteiger charge is 2.77. The number of aliphatic hydroxyl groups excluding tert-OH is 2. The summed E-state index contributed by atoms with van der Waals surface area (Å²) in [6.07, 6.45) is 2.79. The van der Waals surface area contributed by atoms with E-state index in [1.54, 1.807) is 0 Å². The maximum absolute atomic E-state index is 10.4. The minimum Gasteiger partial charge on any atom is -0.393 e. The van der Waals surface area contributed by atoms with Gasteiger partial charge in [0.2, 0.25) is 0 Å². The summed E-state index contributed by atoms with van der Waals surface area (Å²) in [4.78, 5) is 0. The Hall–Kier alpha value is -0.160. The van der Waals surface area contributed by atoms with Gasteiger partial charge in [0.25, 0.3) is 0 Å². The Balaban J connectivity index is 1.81. The van der Waals surface area contributed by atoms with Crippen LogP contribution < -0.4 is 0 Å². The van der Waals surface area contributed by atoms with Crippen molar-refractivity contribution in [2.75, 3.05) is 6.61 Å². The third-order valence-electron chi connectivity index (χ3n) is 6.95. The van der Waals surface area contributed by atoms with Crippen molar-refractivity contribution in [1.82, 2.24) is 0 Å². The van der Waals surface area contributed by atoms with Gasteiger partial charge in [0, 0.05) is 5.41 Å². The normalized spacial score (nSPS) is 66.5. The monoisotopic (exact) mass is 268 g/mol. The molecule has 2 saturated heterocycles. The van der Waals surface area contributed by atoms with Crippen LogP contribution >= 0.6 is 0 Å². The average Bonchev–Trinajstić information content (AvgIpc) is 3.08. The largest absolute Gasteiger partial charge is 0.393 e. The lowest BCUT2D eigenvalue weighted by atomic mass is 9.54. The van der Waals surface area contributed by atoms with Gasteiger partial charge in [0.05, 0.1) is 18.3 Å². The van der Waals surface area contributed by atoms with Gasteiger partial charge in [-0.3, -0.25) is 0 Å². The molecule has 1 spiro atoms. The van der Waals surface area contributed by atoms with Crippen molar-refractivity contribution in [2.24, 2.45) is 17.3 Å². The lowest BCUT2D eigenvalue weighted by Crippen LogP contribution is -2.67. The van der Waals surface area contributed by atoms with Gasteiger partial charge in [-0.2, -0.15) is 0 Å². The molecule has 4 heteroatoms. The number of rotatable bonds is 1. The molecule has 4 nitrogen and oxygen atoms in total. The van der Waals surface area contributed by atoms with E-state index in [2.05, 4.69) is 13.8 Å². The first kappa shape index (κ1) is 12.6. The van der Waals surface area contributed by atoms with Crippen LogP contribution in [-0.2, 0) is 9.47 Å². The standard InChI is InChI=1S/C15H24O4/c1-8-10(17)11-12(18-11)14(3)15(8)5-4-9(6-15)13(2,7-16)19-14/h8-12,16-17H,4-7H2,1-3H3/t8-,9+,10-,11-,12-,13+,14+,15-/m0/s1. The van der Waals surface area contributed by atoms with Gasteiger partial charge in [-0.15, -0.1) is 0 Å². The topological polar surface area (TPSA) is 62.2 Å². The Bertz CT molecular complexity index is 426. The van der Waals surface area contributed by atoms with Crippen LogP contribution in [0.4, 0.5) is 0 Å². The Kier molecular flexibility index (Phi) is 2.22. The zero-order valence-corrected chi connectivity index (χ0v) is 11.9. The van der Waals surface area contributed by atoms with E-state index in [0.29, 0.717) is 5.92 Å². The molecule has 0 amide bonds. The molecule has 0 aromatic rings. The molecular formula is C15H24O4. The van der Waals surface area contributed by atoms with Gasteiger partial charge in [-0.25, -0.2) is 0 Å². The highest BCUT2D eigenvalue weighted by molar-refractivity contribution is 5.25. The summed E-state index contributed by atoms with van der Waals surface area (Å²) in [5.41, 5.74) is -0.794. The number of ether oxygens (including phenoxy) is 2. The second-order valence-corrected chi connectivity index (χ2v) is 7.58. The highest BCUT2D eigenvalue weighted by Crippen LogP contribution is 2.69. The summed E-state index contributed by atoms with van der Waals surface area (Å²) < 4.78 is 12.2. The van der Waals surface area contributed by atoms with Gasteiger partial charge < -0.3 is 19.7 Å². The number of fused-ring (bicyclic) bond motifs is 3. The van der Waals surface area contributed by atoms with Crippen molar-refractivity contribution < 1.29 is 19.7 Å². The van der Waals surface area contributed by atoms with Gasteiger partial charge in [0.15, 0.2) is 0 Å². The second-order valence-electron chi connectivity index (χ2n) is 7.58. The SMILES string of the molecule is C[C@H]1[C@H](O)[C@@H]2O[C@@H]2[C@@]2(C)O[C@](C)(CO)[C@@H]3CC[C@]12C3. The van der Waals surface area contributed by atoms with Gasteiger partial charge in [0.1, 0.15) is 17.8 Å². The molecule has 0 unspecified atom stereocenters. The van der Waals surface area contributed by atoms with E-state index in [9.17, 15) is 10.2 Å². The molecule has 4 aliphatic rings. The van der Waals surface area contributed by atoms with Gasteiger partial charge in [-0.1, -0.05) is 6.92 Å². The van der Waals surface area contributed by atoms with Crippen molar-refractivity contribution in [3.63, 3.8) is 0 Å². The van der Waals surface area contributed by atoms with E-state index in [1.807, 2.05) is 6.92 Å². The summed E-state index contributed by atoms with van der Waals surface area (Å²) in [7, 11) is 0. The number of hydrogen-bond donors (Lipinski definition) is 2. The fourth-order valence-corrected chi connectivity index (χ4v) is 5.52. The van der Waals surface area contributed by atoms with Gasteiger partial charge >= 0.3 is 0 Å². The van der Waals surface area contributed by atoms with Crippen LogP contribution in [0.3, 0.4) is 0 Å². The smallest absolute Gasteiger partial charge is 0.116 e. The Labute approximate surface area is 114 Å². The van der Waals surface area contributed by atoms with Crippen LogP contribution in [0.15, 0.2) is 0 Å². The van der Waals surface area contributed by atoms with E-state index in [1.165, 1.54) is 0 Å². The van der Waals surface area contributed by atoms with Crippen molar-refractivity contribution in [3.05, 3.63) is 0 Å². The molecule has 19 heavy (non-hydrogen) atoms. The molecular weight excluding hydrogens is 244 g/mol. The molecule has 2 N–H and O–H groups in total. The van der Waals surface area contributed by atoms with Crippen LogP contribution in [0.5, 0.6) is 0 Å². The van der Waals surface area contributed by atoms with Crippen LogP contribution in [0.2, 0.25) is 0 Å². The van der Waals surface area contributed by atoms with E-state index < -0.39 is 5.60 Å². The third-order valence-corrected chi connectivity index (χ3v) is 6.95. The molecule has 4 rings (SSSR count). The summed E-state index contributed by atoms with van der Waals surface area (Å²) in [6, 6.07) is 0. The Morgan fingerprint density at radius 2 is 2.05 bits per heavy atom. The van der Waals surface area contributed by atoms with Crippen LogP contribution in [0, 0.1) is 17.3 Å². The maximum Gasteiger partial charge on any atom is 0.116 e. The molecule has 0 aromatic carbocycles. The first-order valence-corrected chi connectivity index (χ1v) is 7.52. The molecule has 0 radical (unpaired) electrons. The molecule has 4 fully saturated rings. The minimum atomic E-state index is -0.451. The van der Waals surface area contributed by atoms with E-state index in [-0.39, 0.29) is 41.9 Å². The lowest BCUT2D eigenvalue weighted by molar-refractivity contribution is -0.281. The van der Waals surface area contributed by atoms with E-state index in [0.717, 1.165) is 19.3 Å². The first-order valence-electron chi connectivity index (χ1n) is 7.52. The lowest BCUT2D eigenvalue weighted by Gasteiger charge is -2.59. The molecule has 2 heterocycles. The molecule has 2 bridgehead atoms. The third kappa shape index (κ3) is 1.21. The summed E-state index contributed by atoms with van der Waals surface area (Å²) in [5.74, 6) is 0.602. The molecule has 2 aliphatic carbocycles. The van der Waals surface area contributed by atoms with E-state index >= 15 is 0 Å². The molecule has 2 saturated carbocycles. The highest BCUT2D eigenvalue weighted by atomic mass is 16.6. The van der Waals surface area contributed by atoms with Gasteiger partial charge in [-0.05, 0) is 44.9 Å². The number of aliphatic hydroxyl groups is 2. The molecule has 0 aromatic heterocycles. The fourth-order valence-electron chi connectivity index (χ4n) is 5.52. The molecule has 108 valence electrons. The first-order chi connectivity index (χ1) is 8.88. The molecule has 8 atom stereocenters. The quantitative estimate of drug-likeness (QED) is 0.699.